The van der Waals surface area contributed by atoms with Crippen LogP contribution in [0.25, 0.3) is 0 Å². The molecule has 1 aromatic rings. The molecule has 1 aliphatic rings. The summed E-state index contributed by atoms with van der Waals surface area (Å²) in [4.78, 5) is 16.4. The Labute approximate surface area is 114 Å². The summed E-state index contributed by atoms with van der Waals surface area (Å²) < 4.78 is 0. The molecule has 1 amide bonds. The molecule has 4 heteroatoms. The number of rotatable bonds is 2. The fraction of sp³-hybridized carbons (Fsp3) is 0.400. The van der Waals surface area contributed by atoms with Crippen LogP contribution < -0.4 is 5.73 Å². The topological polar surface area (TPSA) is 49.6 Å². The number of piperazine rings is 1. The van der Waals surface area contributed by atoms with E-state index in [1.54, 1.807) is 6.07 Å². The molecule has 0 bridgehead atoms. The van der Waals surface area contributed by atoms with Gasteiger partial charge >= 0.3 is 0 Å². The lowest BCUT2D eigenvalue weighted by atomic mass is 10.1. The lowest BCUT2D eigenvalue weighted by Crippen LogP contribution is -2.48. The van der Waals surface area contributed by atoms with Crippen LogP contribution >= 0.6 is 0 Å². The number of terminal acetylenes is 1. The summed E-state index contributed by atoms with van der Waals surface area (Å²) in [5.74, 6) is 2.65. The van der Waals surface area contributed by atoms with E-state index in [4.69, 9.17) is 12.2 Å². The van der Waals surface area contributed by atoms with Crippen molar-refractivity contribution in [2.45, 2.75) is 6.92 Å². The summed E-state index contributed by atoms with van der Waals surface area (Å²) in [6.45, 7) is 5.65. The second-order valence-corrected chi connectivity index (χ2v) is 4.86. The molecule has 0 saturated carbocycles. The van der Waals surface area contributed by atoms with Gasteiger partial charge in [-0.15, -0.1) is 6.42 Å². The van der Waals surface area contributed by atoms with Gasteiger partial charge in [0, 0.05) is 31.9 Å². The smallest absolute Gasteiger partial charge is 0.256 e. The molecule has 0 unspecified atom stereocenters. The normalized spacial score (nSPS) is 16.1. The van der Waals surface area contributed by atoms with Gasteiger partial charge in [-0.2, -0.15) is 0 Å². The largest absolute Gasteiger partial charge is 0.398 e. The molecule has 19 heavy (non-hydrogen) atoms. The summed E-state index contributed by atoms with van der Waals surface area (Å²) in [6, 6.07) is 5.56. The van der Waals surface area contributed by atoms with Crippen LogP contribution in [0.2, 0.25) is 0 Å². The number of nitrogens with two attached hydrogens (primary N) is 1. The van der Waals surface area contributed by atoms with Crippen molar-refractivity contribution >= 4 is 11.6 Å². The van der Waals surface area contributed by atoms with E-state index in [0.29, 0.717) is 30.9 Å². The Kier molecular flexibility index (Phi) is 4.08. The number of nitrogen functional groups attached to an aromatic ring is 1. The van der Waals surface area contributed by atoms with Crippen molar-refractivity contribution in [3.8, 4) is 12.3 Å². The monoisotopic (exact) mass is 257 g/mol. The minimum atomic E-state index is 0.0153. The Bertz CT molecular complexity index is 511. The number of benzene rings is 1. The van der Waals surface area contributed by atoms with Gasteiger partial charge in [0.1, 0.15) is 0 Å². The average molecular weight is 257 g/mol. The number of aryl methyl sites for hydroxylation is 1. The van der Waals surface area contributed by atoms with Crippen LogP contribution in [-0.4, -0.2) is 48.4 Å². The molecule has 100 valence electrons. The van der Waals surface area contributed by atoms with E-state index in [0.717, 1.165) is 18.7 Å². The maximum atomic E-state index is 12.4. The first-order valence-electron chi connectivity index (χ1n) is 6.43. The number of carbonyl (C=O) groups is 1. The highest BCUT2D eigenvalue weighted by molar-refractivity contribution is 5.99. The highest BCUT2D eigenvalue weighted by Crippen LogP contribution is 2.17. The third-order valence-corrected chi connectivity index (χ3v) is 3.41. The Hall–Kier alpha value is -1.99. The second kappa shape index (κ2) is 5.77. The van der Waals surface area contributed by atoms with E-state index in [2.05, 4.69) is 10.8 Å². The van der Waals surface area contributed by atoms with Crippen LogP contribution in [0.5, 0.6) is 0 Å². The fourth-order valence-electron chi connectivity index (χ4n) is 2.26. The molecule has 0 spiro atoms. The molecule has 1 fully saturated rings. The van der Waals surface area contributed by atoms with E-state index in [1.807, 2.05) is 24.0 Å². The first-order chi connectivity index (χ1) is 9.11. The van der Waals surface area contributed by atoms with Crippen molar-refractivity contribution in [3.05, 3.63) is 29.3 Å². The predicted octanol–water partition coefficient (Wildman–Crippen LogP) is 0.968. The van der Waals surface area contributed by atoms with Gasteiger partial charge in [-0.25, -0.2) is 0 Å². The first kappa shape index (κ1) is 13.4. The van der Waals surface area contributed by atoms with Crippen LogP contribution in [0, 0.1) is 19.3 Å². The quantitative estimate of drug-likeness (QED) is 0.634. The summed E-state index contributed by atoms with van der Waals surface area (Å²) in [6.07, 6.45) is 5.29. The molecule has 1 aromatic carbocycles. The molecular weight excluding hydrogens is 238 g/mol. The molecular formula is C15H19N3O. The molecule has 1 heterocycles. The Morgan fingerprint density at radius 2 is 2.05 bits per heavy atom. The zero-order valence-electron chi connectivity index (χ0n) is 11.2. The molecule has 0 aliphatic carbocycles. The van der Waals surface area contributed by atoms with Crippen molar-refractivity contribution < 1.29 is 4.79 Å². The van der Waals surface area contributed by atoms with Crippen molar-refractivity contribution in [1.82, 2.24) is 9.80 Å². The van der Waals surface area contributed by atoms with Crippen LogP contribution in [0.15, 0.2) is 18.2 Å². The molecule has 2 rings (SSSR count). The van der Waals surface area contributed by atoms with E-state index < -0.39 is 0 Å². The fourth-order valence-corrected chi connectivity index (χ4v) is 2.26. The van der Waals surface area contributed by atoms with Crippen LogP contribution in [0.1, 0.15) is 15.9 Å². The Morgan fingerprint density at radius 1 is 1.37 bits per heavy atom. The minimum Gasteiger partial charge on any atom is -0.398 e. The lowest BCUT2D eigenvalue weighted by molar-refractivity contribution is 0.0653. The average Bonchev–Trinajstić information content (AvgIpc) is 2.42. The van der Waals surface area contributed by atoms with Gasteiger partial charge in [-0.05, 0) is 19.1 Å². The van der Waals surface area contributed by atoms with E-state index in [9.17, 15) is 4.79 Å². The van der Waals surface area contributed by atoms with E-state index in [1.165, 1.54) is 0 Å². The van der Waals surface area contributed by atoms with E-state index >= 15 is 0 Å². The number of hydrogen-bond donors (Lipinski definition) is 1. The SMILES string of the molecule is C#CCN1CCN(C(=O)c2cc(C)ccc2N)CC1. The van der Waals surface area contributed by atoms with Crippen molar-refractivity contribution in [2.24, 2.45) is 0 Å². The predicted molar refractivity (Wildman–Crippen MR) is 76.8 cm³/mol. The zero-order chi connectivity index (χ0) is 13.8. The van der Waals surface area contributed by atoms with Gasteiger partial charge in [0.25, 0.3) is 5.91 Å². The summed E-state index contributed by atoms with van der Waals surface area (Å²) in [5.41, 5.74) is 8.08. The molecule has 0 radical (unpaired) electrons. The number of nitrogens with zero attached hydrogens (tertiary/aromatic N) is 2. The Balaban J connectivity index is 2.05. The van der Waals surface area contributed by atoms with Gasteiger partial charge in [0.05, 0.1) is 12.1 Å². The van der Waals surface area contributed by atoms with Crippen molar-refractivity contribution in [1.29, 1.82) is 0 Å². The van der Waals surface area contributed by atoms with Crippen LogP contribution in [-0.2, 0) is 0 Å². The first-order valence-corrected chi connectivity index (χ1v) is 6.43. The van der Waals surface area contributed by atoms with Crippen molar-refractivity contribution in [2.75, 3.05) is 38.5 Å². The standard InChI is InChI=1S/C15H19N3O/c1-3-6-17-7-9-18(10-8-17)15(19)13-11-12(2)4-5-14(13)16/h1,4-5,11H,6-10,16H2,2H3. The number of hydrogen-bond acceptors (Lipinski definition) is 3. The summed E-state index contributed by atoms with van der Waals surface area (Å²) >= 11 is 0. The zero-order valence-corrected chi connectivity index (χ0v) is 11.2. The van der Waals surface area contributed by atoms with Gasteiger partial charge in [-0.1, -0.05) is 17.6 Å². The molecule has 1 saturated heterocycles. The third-order valence-electron chi connectivity index (χ3n) is 3.41. The van der Waals surface area contributed by atoms with Crippen molar-refractivity contribution in [3.63, 3.8) is 0 Å². The maximum Gasteiger partial charge on any atom is 0.256 e. The van der Waals surface area contributed by atoms with Gasteiger partial charge < -0.3 is 10.6 Å². The molecule has 4 nitrogen and oxygen atoms in total. The van der Waals surface area contributed by atoms with Gasteiger partial charge in [-0.3, -0.25) is 9.69 Å². The molecule has 0 aromatic heterocycles. The molecule has 1 aliphatic heterocycles. The van der Waals surface area contributed by atoms with E-state index in [-0.39, 0.29) is 5.91 Å². The van der Waals surface area contributed by atoms with Crippen LogP contribution in [0.3, 0.4) is 0 Å². The number of anilines is 1. The summed E-state index contributed by atoms with van der Waals surface area (Å²) in [7, 11) is 0. The minimum absolute atomic E-state index is 0.0153. The Morgan fingerprint density at radius 3 is 2.68 bits per heavy atom. The van der Waals surface area contributed by atoms with Gasteiger partial charge in [0.2, 0.25) is 0 Å². The molecule has 2 N–H and O–H groups in total. The highest BCUT2D eigenvalue weighted by atomic mass is 16.2. The number of carbonyl (C=O) groups excluding carboxylic acids is 1. The highest BCUT2D eigenvalue weighted by Gasteiger charge is 2.22. The second-order valence-electron chi connectivity index (χ2n) is 4.86. The number of amides is 1. The maximum absolute atomic E-state index is 12.4. The summed E-state index contributed by atoms with van der Waals surface area (Å²) in [5, 5.41) is 0. The van der Waals surface area contributed by atoms with Crippen LogP contribution in [0.4, 0.5) is 5.69 Å². The molecule has 0 atom stereocenters. The van der Waals surface area contributed by atoms with Gasteiger partial charge in [0.15, 0.2) is 0 Å². The lowest BCUT2D eigenvalue weighted by Gasteiger charge is -2.34. The third kappa shape index (κ3) is 3.07.